The molecule has 1 aromatic heterocycles. The second-order valence-electron chi connectivity index (χ2n) is 7.85. The number of nitrogens with one attached hydrogen (secondary N) is 1. The quantitative estimate of drug-likeness (QED) is 0.691. The fourth-order valence-electron chi connectivity index (χ4n) is 2.57. The third-order valence-corrected chi connectivity index (χ3v) is 4.26. The minimum Gasteiger partial charge on any atom is -0.488 e. The van der Waals surface area contributed by atoms with Crippen LogP contribution in [-0.2, 0) is 14.2 Å². The summed E-state index contributed by atoms with van der Waals surface area (Å²) in [5.41, 5.74) is 8.15. The van der Waals surface area contributed by atoms with E-state index < -0.39 is 0 Å². The smallest absolute Gasteiger partial charge is 0.174 e. The topological polar surface area (TPSA) is 87.9 Å². The molecule has 0 bridgehead atoms. The molecule has 1 saturated carbocycles. The number of nitrogens with two attached hydrogens (primary N) is 1. The molecule has 0 spiro atoms. The van der Waals surface area contributed by atoms with Crippen LogP contribution in [0.4, 0.5) is 0 Å². The van der Waals surface area contributed by atoms with Crippen molar-refractivity contribution >= 4 is 5.70 Å². The highest BCUT2D eigenvalue weighted by molar-refractivity contribution is 5.65. The predicted octanol–water partition coefficient (Wildman–Crippen LogP) is 1.87. The molecule has 3 rings (SSSR count). The maximum atomic E-state index is 6.24. The second-order valence-corrected chi connectivity index (χ2v) is 7.85. The van der Waals surface area contributed by atoms with E-state index in [1.54, 1.807) is 19.5 Å². The Kier molecular flexibility index (Phi) is 6.79. The second kappa shape index (κ2) is 9.28. The largest absolute Gasteiger partial charge is 0.488 e. The van der Waals surface area contributed by atoms with Crippen LogP contribution >= 0.6 is 0 Å². The number of aromatic nitrogens is 1. The van der Waals surface area contributed by atoms with Gasteiger partial charge < -0.3 is 30.0 Å². The number of ether oxygens (including phenoxy) is 4. The van der Waals surface area contributed by atoms with Crippen LogP contribution < -0.4 is 15.8 Å². The Hall–Kier alpha value is -2.27. The predicted molar refractivity (Wildman–Crippen MR) is 106 cm³/mol. The van der Waals surface area contributed by atoms with E-state index in [0.29, 0.717) is 43.5 Å². The van der Waals surface area contributed by atoms with E-state index in [1.165, 1.54) is 0 Å². The summed E-state index contributed by atoms with van der Waals surface area (Å²) < 4.78 is 22.4. The molecule has 28 heavy (non-hydrogen) atoms. The van der Waals surface area contributed by atoms with Gasteiger partial charge >= 0.3 is 0 Å². The fourth-order valence-corrected chi connectivity index (χ4v) is 2.57. The maximum Gasteiger partial charge on any atom is 0.174 e. The monoisotopic (exact) mass is 387 g/mol. The van der Waals surface area contributed by atoms with Gasteiger partial charge in [0.1, 0.15) is 18.1 Å². The lowest BCUT2D eigenvalue weighted by Crippen LogP contribution is -2.41. The highest BCUT2D eigenvalue weighted by Gasteiger charge is 2.28. The zero-order valence-electron chi connectivity index (χ0n) is 16.8. The minimum atomic E-state index is -0.286. The standard InChI is InChI=1S/C21H29N3O4/c1-21(2)13-26-19(27-14-21)12-23-11-17(22)20-18(28-16-6-7-16)9-15(10-24-20)5-4-8-25-3/h9-11,16,19,23H,6-8,12-14,22H2,1-3H3/b17-11-. The van der Waals surface area contributed by atoms with Crippen molar-refractivity contribution in [3.8, 4) is 17.6 Å². The fraction of sp³-hybridized carbons (Fsp3) is 0.571. The van der Waals surface area contributed by atoms with Gasteiger partial charge in [0.25, 0.3) is 0 Å². The van der Waals surface area contributed by atoms with Crippen molar-refractivity contribution in [3.05, 3.63) is 29.7 Å². The van der Waals surface area contributed by atoms with Crippen LogP contribution in [-0.4, -0.2) is 50.9 Å². The van der Waals surface area contributed by atoms with Gasteiger partial charge in [0.05, 0.1) is 31.6 Å². The molecule has 1 aliphatic carbocycles. The Labute approximate surface area is 166 Å². The average molecular weight is 387 g/mol. The zero-order chi connectivity index (χ0) is 20.0. The molecule has 0 unspecified atom stereocenters. The van der Waals surface area contributed by atoms with Gasteiger partial charge in [-0.05, 0) is 18.9 Å². The molecule has 1 saturated heterocycles. The van der Waals surface area contributed by atoms with E-state index in [9.17, 15) is 0 Å². The van der Waals surface area contributed by atoms with E-state index >= 15 is 0 Å². The van der Waals surface area contributed by atoms with Crippen LogP contribution in [0.25, 0.3) is 5.70 Å². The molecule has 0 aromatic carbocycles. The van der Waals surface area contributed by atoms with Crippen molar-refractivity contribution in [1.29, 1.82) is 0 Å². The molecule has 1 aromatic rings. The summed E-state index contributed by atoms with van der Waals surface area (Å²) in [5, 5.41) is 3.16. The van der Waals surface area contributed by atoms with Crippen molar-refractivity contribution in [2.45, 2.75) is 39.1 Å². The average Bonchev–Trinajstić information content (AvgIpc) is 3.47. The molecule has 7 nitrogen and oxygen atoms in total. The van der Waals surface area contributed by atoms with Crippen LogP contribution in [0.2, 0.25) is 0 Å². The normalized spacial score (nSPS) is 19.6. The van der Waals surface area contributed by atoms with E-state index in [4.69, 9.17) is 24.7 Å². The molecule has 2 heterocycles. The van der Waals surface area contributed by atoms with Crippen LogP contribution in [0.1, 0.15) is 37.9 Å². The van der Waals surface area contributed by atoms with Gasteiger partial charge in [-0.15, -0.1) is 0 Å². The van der Waals surface area contributed by atoms with Crippen molar-refractivity contribution in [2.75, 3.05) is 33.5 Å². The molecule has 7 heteroatoms. The highest BCUT2D eigenvalue weighted by Crippen LogP contribution is 2.30. The van der Waals surface area contributed by atoms with Gasteiger partial charge in [-0.2, -0.15) is 0 Å². The maximum absolute atomic E-state index is 6.24. The summed E-state index contributed by atoms with van der Waals surface area (Å²) in [5.74, 6) is 6.58. The Morgan fingerprint density at radius 1 is 1.39 bits per heavy atom. The lowest BCUT2D eigenvalue weighted by atomic mass is 9.96. The van der Waals surface area contributed by atoms with Gasteiger partial charge in [0.2, 0.25) is 0 Å². The molecule has 0 radical (unpaired) electrons. The third-order valence-electron chi connectivity index (χ3n) is 4.26. The summed E-state index contributed by atoms with van der Waals surface area (Å²) in [6.07, 6.45) is 5.45. The summed E-state index contributed by atoms with van der Waals surface area (Å²) in [7, 11) is 1.61. The molecule has 3 N–H and O–H groups in total. The van der Waals surface area contributed by atoms with E-state index in [-0.39, 0.29) is 17.8 Å². The molecule has 152 valence electrons. The van der Waals surface area contributed by atoms with Gasteiger partial charge in [0.15, 0.2) is 6.29 Å². The Balaban J connectivity index is 1.63. The first-order valence-corrected chi connectivity index (χ1v) is 9.54. The van der Waals surface area contributed by atoms with Crippen LogP contribution in [0.5, 0.6) is 5.75 Å². The van der Waals surface area contributed by atoms with E-state index in [2.05, 4.69) is 36.0 Å². The minimum absolute atomic E-state index is 0.0538. The molecule has 0 atom stereocenters. The van der Waals surface area contributed by atoms with Crippen molar-refractivity contribution < 1.29 is 18.9 Å². The third kappa shape index (κ3) is 6.13. The van der Waals surface area contributed by atoms with Gasteiger partial charge in [0, 0.05) is 30.5 Å². The Bertz CT molecular complexity index is 753. The highest BCUT2D eigenvalue weighted by atomic mass is 16.7. The Morgan fingerprint density at radius 3 is 2.82 bits per heavy atom. The number of rotatable bonds is 7. The molecule has 0 amide bonds. The molecule has 2 aliphatic rings. The number of pyridine rings is 1. The van der Waals surface area contributed by atoms with Crippen molar-refractivity contribution in [1.82, 2.24) is 10.3 Å². The van der Waals surface area contributed by atoms with Crippen LogP contribution in [0.15, 0.2) is 18.5 Å². The van der Waals surface area contributed by atoms with Crippen molar-refractivity contribution in [3.63, 3.8) is 0 Å². The summed E-state index contributed by atoms with van der Waals surface area (Å²) in [4.78, 5) is 4.46. The molecule has 2 fully saturated rings. The summed E-state index contributed by atoms with van der Waals surface area (Å²) in [6, 6.07) is 1.87. The SMILES string of the molecule is COCC#Cc1cnc(/C(N)=C/NCC2OCC(C)(C)CO2)c(OC2CC2)c1. The van der Waals surface area contributed by atoms with Gasteiger partial charge in [-0.3, -0.25) is 0 Å². The van der Waals surface area contributed by atoms with Crippen molar-refractivity contribution in [2.24, 2.45) is 11.1 Å². The molecular formula is C21H29N3O4. The number of hydrogen-bond acceptors (Lipinski definition) is 7. The van der Waals surface area contributed by atoms with Gasteiger partial charge in [-0.1, -0.05) is 25.7 Å². The van der Waals surface area contributed by atoms with Crippen LogP contribution in [0, 0.1) is 17.3 Å². The number of methoxy groups -OCH3 is 1. The molecular weight excluding hydrogens is 358 g/mol. The lowest BCUT2D eigenvalue weighted by molar-refractivity contribution is -0.217. The van der Waals surface area contributed by atoms with E-state index in [0.717, 1.165) is 18.4 Å². The Morgan fingerprint density at radius 2 is 2.14 bits per heavy atom. The van der Waals surface area contributed by atoms with E-state index in [1.807, 2.05) is 6.07 Å². The van der Waals surface area contributed by atoms with Crippen LogP contribution in [0.3, 0.4) is 0 Å². The zero-order valence-corrected chi connectivity index (χ0v) is 16.8. The first kappa shape index (κ1) is 20.5. The number of nitrogens with zero attached hydrogens (tertiary/aromatic N) is 1. The number of hydrogen-bond donors (Lipinski definition) is 2. The summed E-state index contributed by atoms with van der Waals surface area (Å²) in [6.45, 7) is 6.46. The lowest BCUT2D eigenvalue weighted by Gasteiger charge is -2.34. The summed E-state index contributed by atoms with van der Waals surface area (Å²) >= 11 is 0. The van der Waals surface area contributed by atoms with Gasteiger partial charge in [-0.25, -0.2) is 4.98 Å². The molecule has 1 aliphatic heterocycles. The first-order valence-electron chi connectivity index (χ1n) is 9.54. The first-order chi connectivity index (χ1) is 13.5.